The van der Waals surface area contributed by atoms with E-state index in [1.54, 1.807) is 0 Å². The van der Waals surface area contributed by atoms with Crippen molar-refractivity contribution < 1.29 is 0 Å². The highest BCUT2D eigenvalue weighted by Gasteiger charge is 2.01. The largest absolute Gasteiger partial charge is 0.388 e. The zero-order valence-electron chi connectivity index (χ0n) is 8.57. The van der Waals surface area contributed by atoms with Gasteiger partial charge in [-0.3, -0.25) is 0 Å². The molecule has 0 unspecified atom stereocenters. The first-order chi connectivity index (χ1) is 7.31. The van der Waals surface area contributed by atoms with Crippen LogP contribution in [0.1, 0.15) is 0 Å². The van der Waals surface area contributed by atoms with Gasteiger partial charge in [0.1, 0.15) is 0 Å². The number of hydrogen-bond donors (Lipinski definition) is 2. The number of thiol groups is 1. The Hall–Kier alpha value is -1.41. The van der Waals surface area contributed by atoms with E-state index in [1.807, 2.05) is 31.3 Å². The third-order valence-electron chi connectivity index (χ3n) is 2.37. The van der Waals surface area contributed by atoms with Crippen molar-refractivity contribution in [2.75, 3.05) is 12.4 Å². The van der Waals surface area contributed by atoms with Crippen LogP contribution < -0.4 is 5.32 Å². The fourth-order valence-corrected chi connectivity index (χ4v) is 1.89. The second-order valence-corrected chi connectivity index (χ2v) is 3.83. The first-order valence-corrected chi connectivity index (χ1v) is 5.32. The quantitative estimate of drug-likeness (QED) is 0.728. The van der Waals surface area contributed by atoms with Gasteiger partial charge in [0.15, 0.2) is 0 Å². The maximum absolute atomic E-state index is 4.49. The van der Waals surface area contributed by atoms with Crippen molar-refractivity contribution in [1.29, 1.82) is 0 Å². The molecule has 2 aromatic carbocycles. The van der Waals surface area contributed by atoms with E-state index >= 15 is 0 Å². The van der Waals surface area contributed by atoms with Crippen LogP contribution in [-0.4, -0.2) is 7.05 Å². The minimum atomic E-state index is 0.994. The van der Waals surface area contributed by atoms with E-state index in [-0.39, 0.29) is 0 Å². The monoisotopic (exact) mass is 215 g/mol. The molecule has 0 saturated heterocycles. The predicted molar refractivity (Wildman–Crippen MR) is 68.7 cm³/mol. The van der Waals surface area contributed by atoms with Crippen molar-refractivity contribution in [3.05, 3.63) is 48.5 Å². The Morgan fingerprint density at radius 2 is 1.73 bits per heavy atom. The summed E-state index contributed by atoms with van der Waals surface area (Å²) in [5, 5.41) is 3.10. The van der Waals surface area contributed by atoms with Crippen LogP contribution in [0.5, 0.6) is 0 Å². The summed E-state index contributed by atoms with van der Waals surface area (Å²) in [4.78, 5) is 0.994. The summed E-state index contributed by atoms with van der Waals surface area (Å²) in [7, 11) is 1.91. The van der Waals surface area contributed by atoms with Gasteiger partial charge < -0.3 is 5.32 Å². The highest BCUT2D eigenvalue weighted by molar-refractivity contribution is 7.80. The second-order valence-electron chi connectivity index (χ2n) is 3.35. The molecule has 0 aliphatic rings. The lowest BCUT2D eigenvalue weighted by Crippen LogP contribution is -1.88. The standard InChI is InChI=1S/C13H13NS/c1-14-11-7-8-12(13(15)9-11)10-5-3-2-4-6-10/h2-9,14-15H,1H3. The molecule has 0 aromatic heterocycles. The third kappa shape index (κ3) is 2.16. The molecule has 2 rings (SSSR count). The molecule has 0 aliphatic heterocycles. The normalized spacial score (nSPS) is 10.0. The van der Waals surface area contributed by atoms with Crippen molar-refractivity contribution >= 4 is 18.3 Å². The van der Waals surface area contributed by atoms with Crippen molar-refractivity contribution in [3.63, 3.8) is 0 Å². The molecule has 0 atom stereocenters. The molecule has 1 nitrogen and oxygen atoms in total. The van der Waals surface area contributed by atoms with Crippen LogP contribution in [0.3, 0.4) is 0 Å². The van der Waals surface area contributed by atoms with Gasteiger partial charge in [-0.15, -0.1) is 12.6 Å². The maximum atomic E-state index is 4.49. The highest BCUT2D eigenvalue weighted by Crippen LogP contribution is 2.28. The van der Waals surface area contributed by atoms with Crippen molar-refractivity contribution in [2.45, 2.75) is 4.90 Å². The number of hydrogen-bond acceptors (Lipinski definition) is 2. The molecule has 76 valence electrons. The van der Waals surface area contributed by atoms with Gasteiger partial charge in [-0.05, 0) is 23.3 Å². The topological polar surface area (TPSA) is 12.0 Å². The summed E-state index contributed by atoms with van der Waals surface area (Å²) in [6.45, 7) is 0. The summed E-state index contributed by atoms with van der Waals surface area (Å²) >= 11 is 4.49. The molecule has 0 saturated carbocycles. The Labute approximate surface area is 95.6 Å². The fourth-order valence-electron chi connectivity index (χ4n) is 1.55. The van der Waals surface area contributed by atoms with Gasteiger partial charge in [0, 0.05) is 17.6 Å². The Morgan fingerprint density at radius 3 is 2.33 bits per heavy atom. The van der Waals surface area contributed by atoms with Crippen LogP contribution in [0.25, 0.3) is 11.1 Å². The van der Waals surface area contributed by atoms with Gasteiger partial charge in [0.25, 0.3) is 0 Å². The lowest BCUT2D eigenvalue weighted by atomic mass is 10.1. The van der Waals surface area contributed by atoms with Gasteiger partial charge in [-0.1, -0.05) is 36.4 Å². The molecule has 0 fully saturated rings. The number of anilines is 1. The average Bonchev–Trinajstić information content (AvgIpc) is 2.30. The summed E-state index contributed by atoms with van der Waals surface area (Å²) < 4.78 is 0. The minimum absolute atomic E-state index is 0.994. The molecule has 0 bridgehead atoms. The van der Waals surface area contributed by atoms with E-state index in [0.29, 0.717) is 0 Å². The Bertz CT molecular complexity index is 451. The van der Waals surface area contributed by atoms with Gasteiger partial charge in [-0.25, -0.2) is 0 Å². The zero-order valence-corrected chi connectivity index (χ0v) is 9.46. The molecule has 15 heavy (non-hydrogen) atoms. The van der Waals surface area contributed by atoms with E-state index in [2.05, 4.69) is 42.2 Å². The summed E-state index contributed by atoms with van der Waals surface area (Å²) in [6, 6.07) is 16.5. The SMILES string of the molecule is CNc1ccc(-c2ccccc2)c(S)c1. The van der Waals surface area contributed by atoms with Crippen molar-refractivity contribution in [2.24, 2.45) is 0 Å². The second kappa shape index (κ2) is 4.41. The number of benzene rings is 2. The first kappa shape index (κ1) is 10.1. The predicted octanol–water partition coefficient (Wildman–Crippen LogP) is 3.68. The molecule has 0 heterocycles. The van der Waals surface area contributed by atoms with Gasteiger partial charge in [0.05, 0.1) is 0 Å². The summed E-state index contributed by atoms with van der Waals surface area (Å²) in [5.41, 5.74) is 3.45. The lowest BCUT2D eigenvalue weighted by molar-refractivity contribution is 1.41. The molecule has 2 aromatic rings. The van der Waals surface area contributed by atoms with Crippen molar-refractivity contribution in [1.82, 2.24) is 0 Å². The zero-order chi connectivity index (χ0) is 10.7. The molecule has 0 aliphatic carbocycles. The molecular formula is C13H13NS. The lowest BCUT2D eigenvalue weighted by Gasteiger charge is -2.07. The van der Waals surface area contributed by atoms with Gasteiger partial charge >= 0.3 is 0 Å². The number of rotatable bonds is 2. The van der Waals surface area contributed by atoms with E-state index in [4.69, 9.17) is 0 Å². The van der Waals surface area contributed by atoms with Crippen LogP contribution in [0.4, 0.5) is 5.69 Å². The smallest absolute Gasteiger partial charge is 0.0349 e. The van der Waals surface area contributed by atoms with E-state index in [1.165, 1.54) is 5.56 Å². The van der Waals surface area contributed by atoms with E-state index < -0.39 is 0 Å². The molecule has 0 radical (unpaired) electrons. The van der Waals surface area contributed by atoms with Crippen LogP contribution in [0.15, 0.2) is 53.4 Å². The van der Waals surface area contributed by atoms with Gasteiger partial charge in [-0.2, -0.15) is 0 Å². The summed E-state index contributed by atoms with van der Waals surface area (Å²) in [6.07, 6.45) is 0. The molecule has 0 amide bonds. The molecular weight excluding hydrogens is 202 g/mol. The summed E-state index contributed by atoms with van der Waals surface area (Å²) in [5.74, 6) is 0. The molecule has 2 heteroatoms. The average molecular weight is 215 g/mol. The molecule has 0 spiro atoms. The first-order valence-electron chi connectivity index (χ1n) is 4.87. The molecule has 1 N–H and O–H groups in total. The van der Waals surface area contributed by atoms with Crippen LogP contribution in [0, 0.1) is 0 Å². The fraction of sp³-hybridized carbons (Fsp3) is 0.0769. The van der Waals surface area contributed by atoms with Crippen molar-refractivity contribution in [3.8, 4) is 11.1 Å². The highest BCUT2D eigenvalue weighted by atomic mass is 32.1. The van der Waals surface area contributed by atoms with Crippen LogP contribution in [0.2, 0.25) is 0 Å². The van der Waals surface area contributed by atoms with Crippen LogP contribution in [-0.2, 0) is 0 Å². The Morgan fingerprint density at radius 1 is 1.00 bits per heavy atom. The van der Waals surface area contributed by atoms with Crippen LogP contribution >= 0.6 is 12.6 Å². The van der Waals surface area contributed by atoms with E-state index in [0.717, 1.165) is 16.1 Å². The Balaban J connectivity index is 2.46. The Kier molecular flexibility index (Phi) is 2.97. The van der Waals surface area contributed by atoms with Gasteiger partial charge in [0.2, 0.25) is 0 Å². The van der Waals surface area contributed by atoms with E-state index in [9.17, 15) is 0 Å². The maximum Gasteiger partial charge on any atom is 0.0349 e. The number of nitrogens with one attached hydrogen (secondary N) is 1. The third-order valence-corrected chi connectivity index (χ3v) is 2.74. The minimum Gasteiger partial charge on any atom is -0.388 e.